The minimum atomic E-state index is -4.38. The van der Waals surface area contributed by atoms with E-state index in [4.69, 9.17) is 0 Å². The Morgan fingerprint density at radius 3 is 2.67 bits per heavy atom. The second-order valence-electron chi connectivity index (χ2n) is 2.78. The van der Waals surface area contributed by atoms with Crippen LogP contribution >= 0.6 is 11.3 Å². The van der Waals surface area contributed by atoms with Gasteiger partial charge in [0.2, 0.25) is 0 Å². The number of halogens is 3. The molecule has 1 heterocycles. The molecule has 0 saturated heterocycles. The summed E-state index contributed by atoms with van der Waals surface area (Å²) in [5.41, 5.74) is 0.863. The molecule has 2 amide bonds. The third kappa shape index (κ3) is 5.26. The normalized spacial score (nSPS) is 11.1. The summed E-state index contributed by atoms with van der Waals surface area (Å²) in [5.74, 6) is 0. The Labute approximate surface area is 88.3 Å². The highest BCUT2D eigenvalue weighted by molar-refractivity contribution is 7.07. The number of rotatable bonds is 3. The van der Waals surface area contributed by atoms with Crippen LogP contribution in [0.4, 0.5) is 18.0 Å². The molecule has 15 heavy (non-hydrogen) atoms. The van der Waals surface area contributed by atoms with E-state index in [1.54, 1.807) is 11.4 Å². The lowest BCUT2D eigenvalue weighted by molar-refractivity contribution is -0.122. The molecule has 0 atom stereocenters. The van der Waals surface area contributed by atoms with E-state index in [0.29, 0.717) is 0 Å². The van der Waals surface area contributed by atoms with Gasteiger partial charge in [0.15, 0.2) is 0 Å². The van der Waals surface area contributed by atoms with Gasteiger partial charge in [0.25, 0.3) is 0 Å². The van der Waals surface area contributed by atoms with Gasteiger partial charge >= 0.3 is 12.2 Å². The molecule has 0 radical (unpaired) electrons. The van der Waals surface area contributed by atoms with Crippen LogP contribution in [0.5, 0.6) is 0 Å². The fraction of sp³-hybridized carbons (Fsp3) is 0.375. The molecule has 0 fully saturated rings. The average molecular weight is 238 g/mol. The first-order valence-electron chi connectivity index (χ1n) is 4.07. The number of carbonyl (C=O) groups excluding carboxylic acids is 1. The van der Waals surface area contributed by atoms with Crippen molar-refractivity contribution in [2.24, 2.45) is 0 Å². The molecule has 84 valence electrons. The van der Waals surface area contributed by atoms with Crippen molar-refractivity contribution in [1.82, 2.24) is 10.6 Å². The first-order valence-corrected chi connectivity index (χ1v) is 5.01. The Balaban J connectivity index is 2.20. The van der Waals surface area contributed by atoms with E-state index < -0.39 is 18.8 Å². The Bertz CT molecular complexity index is 310. The van der Waals surface area contributed by atoms with Crippen molar-refractivity contribution in [3.05, 3.63) is 22.4 Å². The van der Waals surface area contributed by atoms with Crippen molar-refractivity contribution in [3.8, 4) is 0 Å². The van der Waals surface area contributed by atoms with Crippen molar-refractivity contribution in [3.63, 3.8) is 0 Å². The van der Waals surface area contributed by atoms with Gasteiger partial charge in [-0.25, -0.2) is 4.79 Å². The smallest absolute Gasteiger partial charge is 0.334 e. The number of thiophene rings is 1. The van der Waals surface area contributed by atoms with Gasteiger partial charge in [-0.05, 0) is 22.4 Å². The van der Waals surface area contributed by atoms with E-state index in [9.17, 15) is 18.0 Å². The van der Waals surface area contributed by atoms with E-state index in [1.165, 1.54) is 11.3 Å². The van der Waals surface area contributed by atoms with Gasteiger partial charge in [-0.2, -0.15) is 24.5 Å². The third-order valence-electron chi connectivity index (χ3n) is 1.48. The fourth-order valence-corrected chi connectivity index (χ4v) is 1.49. The fourth-order valence-electron chi connectivity index (χ4n) is 0.819. The molecule has 0 bridgehead atoms. The molecular weight excluding hydrogens is 229 g/mol. The summed E-state index contributed by atoms with van der Waals surface area (Å²) >= 11 is 1.46. The molecule has 0 unspecified atom stereocenters. The quantitative estimate of drug-likeness (QED) is 0.832. The maximum absolute atomic E-state index is 11.7. The van der Waals surface area contributed by atoms with Gasteiger partial charge in [0.1, 0.15) is 6.54 Å². The zero-order valence-electron chi connectivity index (χ0n) is 7.60. The summed E-state index contributed by atoms with van der Waals surface area (Å²) in [7, 11) is 0. The molecule has 3 nitrogen and oxygen atoms in total. The van der Waals surface area contributed by atoms with Gasteiger partial charge in [-0.3, -0.25) is 0 Å². The molecule has 1 aromatic rings. The second-order valence-corrected chi connectivity index (χ2v) is 3.56. The monoisotopic (exact) mass is 238 g/mol. The molecule has 1 aromatic heterocycles. The molecule has 2 N–H and O–H groups in total. The number of amides is 2. The number of hydrogen-bond donors (Lipinski definition) is 2. The highest BCUT2D eigenvalue weighted by Gasteiger charge is 2.27. The first-order chi connectivity index (χ1) is 6.97. The highest BCUT2D eigenvalue weighted by Crippen LogP contribution is 2.12. The molecule has 0 aliphatic rings. The molecule has 0 aliphatic carbocycles. The van der Waals surface area contributed by atoms with Gasteiger partial charge in [0.05, 0.1) is 0 Å². The van der Waals surface area contributed by atoms with Crippen LogP contribution in [0.2, 0.25) is 0 Å². The predicted octanol–water partition coefficient (Wildman–Crippen LogP) is 2.11. The predicted molar refractivity (Wildman–Crippen MR) is 50.6 cm³/mol. The van der Waals surface area contributed by atoms with Gasteiger partial charge in [-0.1, -0.05) is 0 Å². The topological polar surface area (TPSA) is 41.1 Å². The van der Waals surface area contributed by atoms with Crippen LogP contribution in [0.25, 0.3) is 0 Å². The first kappa shape index (κ1) is 11.8. The van der Waals surface area contributed by atoms with Gasteiger partial charge in [0, 0.05) is 6.54 Å². The average Bonchev–Trinajstić information content (AvgIpc) is 2.62. The number of alkyl halides is 3. The van der Waals surface area contributed by atoms with E-state index in [0.717, 1.165) is 5.56 Å². The maximum atomic E-state index is 11.7. The molecule has 7 heteroatoms. The maximum Gasteiger partial charge on any atom is 0.405 e. The zero-order chi connectivity index (χ0) is 11.3. The Morgan fingerprint density at radius 2 is 2.13 bits per heavy atom. The minimum Gasteiger partial charge on any atom is -0.334 e. The molecule has 0 spiro atoms. The van der Waals surface area contributed by atoms with Crippen LogP contribution < -0.4 is 10.6 Å². The van der Waals surface area contributed by atoms with Crippen molar-refractivity contribution in [1.29, 1.82) is 0 Å². The lowest BCUT2D eigenvalue weighted by Crippen LogP contribution is -2.40. The van der Waals surface area contributed by atoms with Crippen molar-refractivity contribution < 1.29 is 18.0 Å². The number of hydrogen-bond acceptors (Lipinski definition) is 2. The standard InChI is InChI=1S/C8H9F3N2OS/c9-8(10,11)5-13-7(14)12-3-6-1-2-15-4-6/h1-2,4H,3,5H2,(H2,12,13,14). The number of carbonyl (C=O) groups is 1. The summed E-state index contributed by atoms with van der Waals surface area (Å²) in [5, 5.41) is 7.66. The SMILES string of the molecule is O=C(NCc1ccsc1)NCC(F)(F)F. The largest absolute Gasteiger partial charge is 0.405 e. The lowest BCUT2D eigenvalue weighted by atomic mass is 10.3. The number of urea groups is 1. The van der Waals surface area contributed by atoms with Gasteiger partial charge < -0.3 is 10.6 Å². The molecule has 0 aromatic carbocycles. The highest BCUT2D eigenvalue weighted by atomic mass is 32.1. The van der Waals surface area contributed by atoms with Crippen LogP contribution in [0.15, 0.2) is 16.8 Å². The zero-order valence-corrected chi connectivity index (χ0v) is 8.41. The minimum absolute atomic E-state index is 0.229. The summed E-state index contributed by atoms with van der Waals surface area (Å²) in [6.45, 7) is -1.09. The van der Waals surface area contributed by atoms with E-state index >= 15 is 0 Å². The van der Waals surface area contributed by atoms with E-state index in [1.807, 2.05) is 10.8 Å². The molecular formula is C8H9F3N2OS. The van der Waals surface area contributed by atoms with Crippen LogP contribution in [0.1, 0.15) is 5.56 Å². The Hall–Kier alpha value is -1.24. The Morgan fingerprint density at radius 1 is 1.40 bits per heavy atom. The van der Waals surface area contributed by atoms with Gasteiger partial charge in [-0.15, -0.1) is 0 Å². The Kier molecular flexibility index (Phi) is 3.96. The summed E-state index contributed by atoms with van der Waals surface area (Å²) in [6, 6.07) is 0.966. The molecule has 0 saturated carbocycles. The second kappa shape index (κ2) is 5.01. The molecule has 1 rings (SSSR count). The lowest BCUT2D eigenvalue weighted by Gasteiger charge is -2.08. The van der Waals surface area contributed by atoms with Crippen molar-refractivity contribution in [2.75, 3.05) is 6.54 Å². The van der Waals surface area contributed by atoms with Crippen LogP contribution in [-0.2, 0) is 6.54 Å². The third-order valence-corrected chi connectivity index (χ3v) is 2.21. The van der Waals surface area contributed by atoms with Crippen LogP contribution in [0, 0.1) is 0 Å². The van der Waals surface area contributed by atoms with Crippen molar-refractivity contribution >= 4 is 17.4 Å². The van der Waals surface area contributed by atoms with E-state index in [-0.39, 0.29) is 6.54 Å². The summed E-state index contributed by atoms with van der Waals surface area (Å²) in [6.07, 6.45) is -4.38. The summed E-state index contributed by atoms with van der Waals surface area (Å²) < 4.78 is 35.1. The van der Waals surface area contributed by atoms with Crippen LogP contribution in [0.3, 0.4) is 0 Å². The van der Waals surface area contributed by atoms with Crippen LogP contribution in [-0.4, -0.2) is 18.8 Å². The molecule has 0 aliphatic heterocycles. The van der Waals surface area contributed by atoms with Crippen molar-refractivity contribution in [2.45, 2.75) is 12.7 Å². The summed E-state index contributed by atoms with van der Waals surface area (Å²) in [4.78, 5) is 10.9. The van der Waals surface area contributed by atoms with E-state index in [2.05, 4.69) is 5.32 Å². The number of nitrogens with one attached hydrogen (secondary N) is 2.